The third kappa shape index (κ3) is 3.06. The van der Waals surface area contributed by atoms with E-state index in [1.165, 1.54) is 11.8 Å². The van der Waals surface area contributed by atoms with E-state index >= 15 is 0 Å². The summed E-state index contributed by atoms with van der Waals surface area (Å²) < 4.78 is 0. The fourth-order valence-corrected chi connectivity index (χ4v) is 3.09. The van der Waals surface area contributed by atoms with Crippen LogP contribution in [-0.4, -0.2) is 11.5 Å². The van der Waals surface area contributed by atoms with E-state index in [2.05, 4.69) is 11.1 Å². The third-order valence-corrected chi connectivity index (χ3v) is 4.25. The van der Waals surface area contributed by atoms with Gasteiger partial charge in [-0.2, -0.15) is 0 Å². The highest BCUT2D eigenvalue weighted by Crippen LogP contribution is 2.37. The molecule has 1 atom stereocenters. The largest absolute Gasteiger partial charge is 0.378 e. The summed E-state index contributed by atoms with van der Waals surface area (Å²) in [4.78, 5) is 15.2. The molecule has 0 radical (unpaired) electrons. The van der Waals surface area contributed by atoms with Gasteiger partial charge in [-0.15, -0.1) is 0 Å². The Morgan fingerprint density at radius 3 is 2.43 bits per heavy atom. The number of nitrogens with two attached hydrogens (primary N) is 1. The van der Waals surface area contributed by atoms with Gasteiger partial charge in [0.25, 0.3) is 0 Å². The molecule has 21 heavy (non-hydrogen) atoms. The number of benzene rings is 2. The van der Waals surface area contributed by atoms with Crippen LogP contribution in [0.3, 0.4) is 0 Å². The predicted octanol–water partition coefficient (Wildman–Crippen LogP) is 3.64. The monoisotopic (exact) mass is 294 g/mol. The van der Waals surface area contributed by atoms with E-state index < -0.39 is 0 Å². The van der Waals surface area contributed by atoms with Crippen LogP contribution in [0.5, 0.6) is 0 Å². The molecule has 2 aromatic carbocycles. The van der Waals surface area contributed by atoms with Gasteiger partial charge in [0.15, 0.2) is 5.17 Å². The van der Waals surface area contributed by atoms with E-state index in [-0.39, 0.29) is 5.25 Å². The first-order chi connectivity index (χ1) is 10.3. The topological polar surface area (TPSA) is 55.4 Å². The van der Waals surface area contributed by atoms with Gasteiger partial charge in [0.1, 0.15) is 6.29 Å². The van der Waals surface area contributed by atoms with E-state index in [4.69, 9.17) is 5.73 Å². The van der Waals surface area contributed by atoms with Gasteiger partial charge in [-0.3, -0.25) is 4.79 Å². The maximum atomic E-state index is 10.7. The zero-order chi connectivity index (χ0) is 14.7. The predicted molar refractivity (Wildman–Crippen MR) is 88.2 cm³/mol. The molecule has 0 amide bonds. The van der Waals surface area contributed by atoms with Crippen LogP contribution in [0.4, 0.5) is 0 Å². The average Bonchev–Trinajstić information content (AvgIpc) is 2.55. The van der Waals surface area contributed by atoms with E-state index in [1.807, 2.05) is 54.6 Å². The second-order valence-corrected chi connectivity index (χ2v) is 5.85. The van der Waals surface area contributed by atoms with Crippen molar-refractivity contribution >= 4 is 28.9 Å². The number of nitrogens with zero attached hydrogens (tertiary/aromatic N) is 1. The standard InChI is InChI=1S/C17H14N2OS/c18-17-19-15(13-4-2-1-3-5-13)10-16(21-17)14-8-6-12(11-20)7-9-14/h1-11,16H,(H2,18,19). The van der Waals surface area contributed by atoms with Crippen LogP contribution in [0.15, 0.2) is 65.7 Å². The maximum absolute atomic E-state index is 10.7. The van der Waals surface area contributed by atoms with Crippen LogP contribution in [0.1, 0.15) is 26.7 Å². The van der Waals surface area contributed by atoms with E-state index in [0.29, 0.717) is 10.7 Å². The van der Waals surface area contributed by atoms with Crippen molar-refractivity contribution in [2.24, 2.45) is 10.7 Å². The molecule has 1 unspecified atom stereocenters. The third-order valence-electron chi connectivity index (χ3n) is 3.26. The van der Waals surface area contributed by atoms with Crippen molar-refractivity contribution in [1.82, 2.24) is 0 Å². The molecule has 0 fully saturated rings. The molecule has 1 aliphatic rings. The van der Waals surface area contributed by atoms with E-state index in [9.17, 15) is 4.79 Å². The molecule has 0 aliphatic carbocycles. The highest BCUT2D eigenvalue weighted by Gasteiger charge is 2.18. The number of hydrogen-bond donors (Lipinski definition) is 1. The Kier molecular flexibility index (Phi) is 3.88. The lowest BCUT2D eigenvalue weighted by Gasteiger charge is -2.19. The first-order valence-corrected chi connectivity index (χ1v) is 7.47. The fraction of sp³-hybridized carbons (Fsp3) is 0.0588. The van der Waals surface area contributed by atoms with Gasteiger partial charge in [0.2, 0.25) is 0 Å². The van der Waals surface area contributed by atoms with Crippen molar-refractivity contribution in [2.45, 2.75) is 5.25 Å². The normalized spacial score (nSPS) is 17.8. The molecular weight excluding hydrogens is 280 g/mol. The number of aldehydes is 1. The van der Waals surface area contributed by atoms with Gasteiger partial charge in [0.05, 0.1) is 10.9 Å². The Labute approximate surface area is 127 Å². The SMILES string of the molecule is NC1=NC(c2ccccc2)=CC(c2ccc(C=O)cc2)S1. The van der Waals surface area contributed by atoms with Crippen molar-refractivity contribution < 1.29 is 4.79 Å². The minimum Gasteiger partial charge on any atom is -0.378 e. The minimum absolute atomic E-state index is 0.110. The molecular formula is C17H14N2OS. The molecule has 0 spiro atoms. The highest BCUT2D eigenvalue weighted by atomic mass is 32.2. The lowest BCUT2D eigenvalue weighted by molar-refractivity contribution is 0.112. The van der Waals surface area contributed by atoms with Gasteiger partial charge < -0.3 is 5.73 Å². The number of thioether (sulfide) groups is 1. The summed E-state index contributed by atoms with van der Waals surface area (Å²) in [5, 5.41) is 0.666. The summed E-state index contributed by atoms with van der Waals surface area (Å²) >= 11 is 1.51. The number of rotatable bonds is 3. The molecule has 0 saturated carbocycles. The summed E-state index contributed by atoms with van der Waals surface area (Å²) in [5.74, 6) is 0. The van der Waals surface area contributed by atoms with E-state index in [0.717, 1.165) is 23.1 Å². The maximum Gasteiger partial charge on any atom is 0.160 e. The summed E-state index contributed by atoms with van der Waals surface area (Å²) in [5.41, 5.74) is 9.68. The van der Waals surface area contributed by atoms with Crippen LogP contribution in [0.2, 0.25) is 0 Å². The Bertz CT molecular complexity index is 705. The van der Waals surface area contributed by atoms with Crippen LogP contribution >= 0.6 is 11.8 Å². The summed E-state index contributed by atoms with van der Waals surface area (Å²) in [7, 11) is 0. The Hall–Kier alpha value is -2.33. The molecule has 1 heterocycles. The first kappa shape index (κ1) is 13.6. The molecule has 3 rings (SSSR count). The summed E-state index contributed by atoms with van der Waals surface area (Å²) in [6.07, 6.45) is 2.95. The van der Waals surface area contributed by atoms with Gasteiger partial charge in [0, 0.05) is 5.56 Å². The number of hydrogen-bond acceptors (Lipinski definition) is 4. The number of carbonyl (C=O) groups excluding carboxylic acids is 1. The Morgan fingerprint density at radius 1 is 1.05 bits per heavy atom. The molecule has 4 heteroatoms. The zero-order valence-electron chi connectivity index (χ0n) is 11.3. The smallest absolute Gasteiger partial charge is 0.160 e. The number of aliphatic imine (C=N–C) groups is 1. The van der Waals surface area contributed by atoms with Crippen molar-refractivity contribution in [1.29, 1.82) is 0 Å². The van der Waals surface area contributed by atoms with Crippen LogP contribution in [-0.2, 0) is 0 Å². The first-order valence-electron chi connectivity index (χ1n) is 6.59. The Morgan fingerprint density at radius 2 is 1.76 bits per heavy atom. The second-order valence-electron chi connectivity index (χ2n) is 4.69. The van der Waals surface area contributed by atoms with Crippen LogP contribution in [0, 0.1) is 0 Å². The van der Waals surface area contributed by atoms with Crippen LogP contribution < -0.4 is 5.73 Å². The Balaban J connectivity index is 1.94. The molecule has 1 aliphatic heterocycles. The molecule has 0 bridgehead atoms. The molecule has 104 valence electrons. The summed E-state index contributed by atoms with van der Waals surface area (Å²) in [6, 6.07) is 17.5. The molecule has 2 N–H and O–H groups in total. The van der Waals surface area contributed by atoms with Crippen molar-refractivity contribution in [3.05, 3.63) is 77.4 Å². The molecule has 2 aromatic rings. The minimum atomic E-state index is 0.110. The highest BCUT2D eigenvalue weighted by molar-refractivity contribution is 8.14. The van der Waals surface area contributed by atoms with Gasteiger partial charge >= 0.3 is 0 Å². The summed E-state index contributed by atoms with van der Waals surface area (Å²) in [6.45, 7) is 0. The van der Waals surface area contributed by atoms with Gasteiger partial charge in [-0.05, 0) is 17.2 Å². The van der Waals surface area contributed by atoms with Crippen molar-refractivity contribution in [2.75, 3.05) is 0 Å². The molecule has 3 nitrogen and oxygen atoms in total. The van der Waals surface area contributed by atoms with Crippen molar-refractivity contribution in [3.63, 3.8) is 0 Å². The van der Waals surface area contributed by atoms with Gasteiger partial charge in [-0.25, -0.2) is 4.99 Å². The van der Waals surface area contributed by atoms with Gasteiger partial charge in [-0.1, -0.05) is 66.4 Å². The molecule has 0 aromatic heterocycles. The lowest BCUT2D eigenvalue weighted by atomic mass is 10.1. The van der Waals surface area contributed by atoms with E-state index in [1.54, 1.807) is 0 Å². The van der Waals surface area contributed by atoms with Crippen molar-refractivity contribution in [3.8, 4) is 0 Å². The molecule has 0 saturated heterocycles. The average molecular weight is 294 g/mol. The quantitative estimate of drug-likeness (QED) is 0.879. The number of carbonyl (C=O) groups is 1. The zero-order valence-corrected chi connectivity index (χ0v) is 12.1. The van der Waals surface area contributed by atoms with Crippen LogP contribution in [0.25, 0.3) is 5.70 Å². The fourth-order valence-electron chi connectivity index (χ4n) is 2.19. The second kappa shape index (κ2) is 5.97. The number of amidine groups is 1. The lowest BCUT2D eigenvalue weighted by Crippen LogP contribution is -2.13.